The van der Waals surface area contributed by atoms with Crippen LogP contribution in [0, 0.1) is 0 Å². The normalized spacial score (nSPS) is 16.9. The third-order valence-corrected chi connectivity index (χ3v) is 7.75. The van der Waals surface area contributed by atoms with Crippen LogP contribution in [0.4, 0.5) is 5.69 Å². The number of hydrogen-bond donors (Lipinski definition) is 3. The van der Waals surface area contributed by atoms with E-state index in [0.717, 1.165) is 31.2 Å². The zero-order valence-electron chi connectivity index (χ0n) is 17.3. The molecule has 1 saturated carbocycles. The second-order valence-corrected chi connectivity index (χ2v) is 10.4. The van der Waals surface area contributed by atoms with E-state index in [0.29, 0.717) is 28.9 Å². The lowest BCUT2D eigenvalue weighted by Gasteiger charge is -2.23. The van der Waals surface area contributed by atoms with E-state index in [2.05, 4.69) is 5.32 Å². The molecule has 164 valence electrons. The molecule has 2 aromatic rings. The van der Waals surface area contributed by atoms with Crippen molar-refractivity contribution in [2.45, 2.75) is 61.8 Å². The van der Waals surface area contributed by atoms with Crippen molar-refractivity contribution < 1.29 is 22.9 Å². The van der Waals surface area contributed by atoms with Crippen LogP contribution in [-0.4, -0.2) is 32.5 Å². The van der Waals surface area contributed by atoms with Crippen molar-refractivity contribution in [2.75, 3.05) is 5.73 Å². The smallest absolute Gasteiger partial charge is 0.423 e. The van der Waals surface area contributed by atoms with E-state index in [4.69, 9.17) is 10.4 Å². The molecule has 0 radical (unpaired) electrons. The summed E-state index contributed by atoms with van der Waals surface area (Å²) in [4.78, 5) is 12.7. The molecule has 1 fully saturated rings. The molecular formula is C22H27BN2O5S. The van der Waals surface area contributed by atoms with E-state index in [9.17, 15) is 18.2 Å². The number of carbonyl (C=O) groups is 1. The third kappa shape index (κ3) is 5.11. The van der Waals surface area contributed by atoms with Crippen molar-refractivity contribution in [3.8, 4) is 0 Å². The van der Waals surface area contributed by atoms with E-state index in [-0.39, 0.29) is 29.0 Å². The van der Waals surface area contributed by atoms with Crippen LogP contribution in [0.2, 0.25) is 0 Å². The lowest BCUT2D eigenvalue weighted by atomic mass is 9.79. The highest BCUT2D eigenvalue weighted by molar-refractivity contribution is 7.90. The number of nitrogens with two attached hydrogens (primary N) is 1. The minimum atomic E-state index is -3.73. The number of rotatable bonds is 6. The number of nitrogens with one attached hydrogen (secondary N) is 1. The molecule has 0 saturated heterocycles. The molecule has 1 aliphatic carbocycles. The topological polar surface area (TPSA) is 119 Å². The molecule has 0 unspecified atom stereocenters. The quantitative estimate of drug-likeness (QED) is 0.460. The van der Waals surface area contributed by atoms with E-state index < -0.39 is 17.0 Å². The molecule has 0 bridgehead atoms. The van der Waals surface area contributed by atoms with Crippen LogP contribution in [0.5, 0.6) is 0 Å². The maximum atomic E-state index is 13.2. The zero-order chi connectivity index (χ0) is 22.0. The van der Waals surface area contributed by atoms with Crippen LogP contribution >= 0.6 is 0 Å². The Bertz CT molecular complexity index is 1080. The van der Waals surface area contributed by atoms with Gasteiger partial charge in [0, 0.05) is 11.7 Å². The lowest BCUT2D eigenvalue weighted by Crippen LogP contribution is -2.37. The van der Waals surface area contributed by atoms with Crippen LogP contribution in [0.1, 0.15) is 48.8 Å². The first-order valence-electron chi connectivity index (χ1n) is 10.6. The largest absolute Gasteiger partial charge is 0.491 e. The van der Waals surface area contributed by atoms with Crippen LogP contribution < -0.4 is 16.5 Å². The minimum absolute atomic E-state index is 0.0349. The predicted octanol–water partition coefficient (Wildman–Crippen LogP) is 1.45. The molecule has 0 spiro atoms. The molecule has 2 aromatic carbocycles. The first-order valence-corrected chi connectivity index (χ1v) is 12.3. The fourth-order valence-corrected chi connectivity index (χ4v) is 5.97. The molecule has 7 nitrogen and oxygen atoms in total. The average molecular weight is 442 g/mol. The van der Waals surface area contributed by atoms with Gasteiger partial charge in [-0.05, 0) is 53.2 Å². The maximum Gasteiger partial charge on any atom is 0.491 e. The molecule has 31 heavy (non-hydrogen) atoms. The van der Waals surface area contributed by atoms with Gasteiger partial charge in [0.1, 0.15) is 0 Å². The second-order valence-electron chi connectivity index (χ2n) is 8.40. The number of sulfone groups is 1. The molecule has 0 atom stereocenters. The summed E-state index contributed by atoms with van der Waals surface area (Å²) < 4.78 is 31.6. The molecule has 9 heteroatoms. The Hall–Kier alpha value is -2.36. The summed E-state index contributed by atoms with van der Waals surface area (Å²) in [5.74, 6) is -0.430. The Morgan fingerprint density at radius 3 is 2.71 bits per heavy atom. The van der Waals surface area contributed by atoms with Gasteiger partial charge in [0.25, 0.3) is 0 Å². The van der Waals surface area contributed by atoms with Gasteiger partial charge >= 0.3 is 7.12 Å². The van der Waals surface area contributed by atoms with Crippen LogP contribution in [0.15, 0.2) is 41.3 Å². The maximum absolute atomic E-state index is 13.2. The van der Waals surface area contributed by atoms with E-state index in [1.807, 2.05) is 0 Å². The number of nitrogen functional groups attached to an aromatic ring is 1. The first kappa shape index (κ1) is 21.9. The molecule has 4 N–H and O–H groups in total. The van der Waals surface area contributed by atoms with Crippen LogP contribution in [0.3, 0.4) is 0 Å². The van der Waals surface area contributed by atoms with Crippen molar-refractivity contribution in [3.05, 3.63) is 53.1 Å². The monoisotopic (exact) mass is 442 g/mol. The van der Waals surface area contributed by atoms with Crippen molar-refractivity contribution in [2.24, 2.45) is 0 Å². The molecule has 4 rings (SSSR count). The Labute approximate surface area is 183 Å². The Balaban J connectivity index is 1.54. The Morgan fingerprint density at radius 2 is 1.94 bits per heavy atom. The summed E-state index contributed by atoms with van der Waals surface area (Å²) in [5.41, 5.74) is 8.70. The Kier molecular flexibility index (Phi) is 6.36. The Morgan fingerprint density at radius 1 is 1.16 bits per heavy atom. The van der Waals surface area contributed by atoms with Gasteiger partial charge in [0.15, 0.2) is 9.84 Å². The summed E-state index contributed by atoms with van der Waals surface area (Å²) in [6.07, 6.45) is 5.28. The van der Waals surface area contributed by atoms with E-state index in [1.54, 1.807) is 24.3 Å². The van der Waals surface area contributed by atoms with Gasteiger partial charge in [-0.1, -0.05) is 37.5 Å². The zero-order valence-corrected chi connectivity index (χ0v) is 18.2. The molecular weight excluding hydrogens is 415 g/mol. The number of benzene rings is 2. The van der Waals surface area contributed by atoms with Crippen molar-refractivity contribution in [3.63, 3.8) is 0 Å². The fourth-order valence-electron chi connectivity index (χ4n) is 4.39. The SMILES string of the molecule is Nc1ccc(S(=O)(=O)Cc2ccc3c(c2)B(O)OC3)c(CC(=O)NC2CCCCC2)c1. The molecule has 2 aliphatic rings. The van der Waals surface area contributed by atoms with Gasteiger partial charge < -0.3 is 20.7 Å². The number of amides is 1. The first-order chi connectivity index (χ1) is 14.8. The standard InChI is InChI=1S/C22H27BN2O5S/c24-18-8-9-21(17(11-18)12-22(26)25-19-4-2-1-3-5-19)31(28,29)14-15-6-7-16-13-30-23(27)20(16)10-15/h6-11,19,27H,1-5,12-14,24H2,(H,25,26). The fraction of sp³-hybridized carbons (Fsp3) is 0.409. The molecule has 1 amide bonds. The van der Waals surface area contributed by atoms with Crippen molar-refractivity contribution in [1.82, 2.24) is 5.32 Å². The summed E-state index contributed by atoms with van der Waals surface area (Å²) in [7, 11) is -4.77. The van der Waals surface area contributed by atoms with Gasteiger partial charge in [-0.15, -0.1) is 0 Å². The molecule has 0 aromatic heterocycles. The van der Waals surface area contributed by atoms with Crippen LogP contribution in [0.25, 0.3) is 0 Å². The summed E-state index contributed by atoms with van der Waals surface area (Å²) >= 11 is 0. The number of hydrogen-bond acceptors (Lipinski definition) is 6. The molecule has 1 aliphatic heterocycles. The third-order valence-electron chi connectivity index (χ3n) is 5.97. The minimum Gasteiger partial charge on any atom is -0.423 e. The second kappa shape index (κ2) is 9.02. The predicted molar refractivity (Wildman–Crippen MR) is 119 cm³/mol. The highest BCUT2D eigenvalue weighted by atomic mass is 32.2. The van der Waals surface area contributed by atoms with Crippen LogP contribution in [-0.2, 0) is 38.1 Å². The van der Waals surface area contributed by atoms with E-state index in [1.165, 1.54) is 18.6 Å². The van der Waals surface area contributed by atoms with Gasteiger partial charge in [-0.25, -0.2) is 8.42 Å². The average Bonchev–Trinajstić information content (AvgIpc) is 3.08. The summed E-state index contributed by atoms with van der Waals surface area (Å²) in [6.45, 7) is 0.307. The molecule has 1 heterocycles. The van der Waals surface area contributed by atoms with Gasteiger partial charge in [0.05, 0.1) is 23.7 Å². The number of fused-ring (bicyclic) bond motifs is 1. The van der Waals surface area contributed by atoms with Crippen molar-refractivity contribution in [1.29, 1.82) is 0 Å². The summed E-state index contributed by atoms with van der Waals surface area (Å²) in [6, 6.07) is 9.89. The van der Waals surface area contributed by atoms with Gasteiger partial charge in [0.2, 0.25) is 5.91 Å². The number of anilines is 1. The van der Waals surface area contributed by atoms with E-state index >= 15 is 0 Å². The summed E-state index contributed by atoms with van der Waals surface area (Å²) in [5, 5.41) is 12.9. The van der Waals surface area contributed by atoms with Gasteiger partial charge in [-0.2, -0.15) is 0 Å². The number of carbonyl (C=O) groups excluding carboxylic acids is 1. The highest BCUT2D eigenvalue weighted by Crippen LogP contribution is 2.25. The van der Waals surface area contributed by atoms with Crippen molar-refractivity contribution >= 4 is 34.0 Å². The lowest BCUT2D eigenvalue weighted by molar-refractivity contribution is -0.121. The van der Waals surface area contributed by atoms with Gasteiger partial charge in [-0.3, -0.25) is 4.79 Å². The highest BCUT2D eigenvalue weighted by Gasteiger charge is 2.28.